The van der Waals surface area contributed by atoms with Crippen LogP contribution in [-0.4, -0.2) is 14.8 Å². The van der Waals surface area contributed by atoms with Gasteiger partial charge in [0.2, 0.25) is 0 Å². The molecule has 1 aromatic heterocycles. The fourth-order valence-corrected chi connectivity index (χ4v) is 3.96. The number of aromatic nitrogens is 3. The second-order valence-electron chi connectivity index (χ2n) is 7.75. The van der Waals surface area contributed by atoms with E-state index in [0.717, 1.165) is 22.3 Å². The Morgan fingerprint density at radius 2 is 1.74 bits per heavy atom. The predicted molar refractivity (Wildman–Crippen MR) is 115 cm³/mol. The van der Waals surface area contributed by atoms with Gasteiger partial charge in [0, 0.05) is 17.9 Å². The van der Waals surface area contributed by atoms with E-state index in [-0.39, 0.29) is 5.41 Å². The van der Waals surface area contributed by atoms with Gasteiger partial charge in [-0.15, -0.1) is 16.8 Å². The second-order valence-corrected chi connectivity index (χ2v) is 8.69. The molecule has 0 spiro atoms. The number of hydrogen-bond donors (Lipinski definition) is 0. The molecule has 0 amide bonds. The molecule has 0 fully saturated rings. The van der Waals surface area contributed by atoms with E-state index in [4.69, 9.17) is 0 Å². The lowest BCUT2D eigenvalue weighted by molar-refractivity contribution is 0.590. The Morgan fingerprint density at radius 3 is 2.37 bits per heavy atom. The van der Waals surface area contributed by atoms with Crippen LogP contribution in [0.25, 0.3) is 11.4 Å². The number of aryl methyl sites for hydroxylation is 1. The summed E-state index contributed by atoms with van der Waals surface area (Å²) in [5, 5.41) is 9.86. The fraction of sp³-hybridized carbons (Fsp3) is 0.304. The minimum Gasteiger partial charge on any atom is -0.298 e. The van der Waals surface area contributed by atoms with Crippen LogP contribution in [0.5, 0.6) is 0 Å². The molecule has 3 rings (SSSR count). The highest BCUT2D eigenvalue weighted by Gasteiger charge is 2.16. The van der Waals surface area contributed by atoms with Crippen molar-refractivity contribution >= 4 is 11.8 Å². The molecular weight excluding hydrogens is 350 g/mol. The first-order valence-corrected chi connectivity index (χ1v) is 10.2. The Bertz CT molecular complexity index is 918. The molecule has 0 aliphatic rings. The Hall–Kier alpha value is -2.33. The Kier molecular flexibility index (Phi) is 5.85. The van der Waals surface area contributed by atoms with Gasteiger partial charge in [-0.1, -0.05) is 87.1 Å². The number of nitrogens with zero attached hydrogens (tertiary/aromatic N) is 3. The minimum absolute atomic E-state index is 0.141. The molecule has 3 nitrogen and oxygen atoms in total. The van der Waals surface area contributed by atoms with Gasteiger partial charge in [0.25, 0.3) is 0 Å². The van der Waals surface area contributed by atoms with Crippen molar-refractivity contribution in [3.05, 3.63) is 77.9 Å². The number of thioether (sulfide) groups is 1. The van der Waals surface area contributed by atoms with Crippen LogP contribution in [-0.2, 0) is 17.7 Å². The van der Waals surface area contributed by atoms with Crippen LogP contribution in [0.3, 0.4) is 0 Å². The summed E-state index contributed by atoms with van der Waals surface area (Å²) in [4.78, 5) is 0. The SMILES string of the molecule is C=CCn1c(SCc2ccccc2C)nnc1-c1ccc(C(C)(C)C)cc1. The maximum absolute atomic E-state index is 4.48. The van der Waals surface area contributed by atoms with Gasteiger partial charge in [-0.05, 0) is 29.0 Å². The molecule has 0 aliphatic carbocycles. The fourth-order valence-electron chi connectivity index (χ4n) is 2.94. The summed E-state index contributed by atoms with van der Waals surface area (Å²) in [6.07, 6.45) is 1.90. The van der Waals surface area contributed by atoms with Gasteiger partial charge in [-0.2, -0.15) is 0 Å². The average molecular weight is 378 g/mol. The molecular formula is C23H27N3S. The van der Waals surface area contributed by atoms with E-state index in [0.29, 0.717) is 6.54 Å². The molecule has 0 unspecified atom stereocenters. The molecule has 3 aromatic rings. The van der Waals surface area contributed by atoms with Crippen LogP contribution >= 0.6 is 11.8 Å². The summed E-state index contributed by atoms with van der Waals surface area (Å²) >= 11 is 1.72. The van der Waals surface area contributed by atoms with E-state index in [1.54, 1.807) is 11.8 Å². The lowest BCUT2D eigenvalue weighted by atomic mass is 9.87. The maximum Gasteiger partial charge on any atom is 0.192 e. The number of benzene rings is 2. The van der Waals surface area contributed by atoms with Crippen molar-refractivity contribution in [3.8, 4) is 11.4 Å². The van der Waals surface area contributed by atoms with Crippen molar-refractivity contribution in [2.75, 3.05) is 0 Å². The van der Waals surface area contributed by atoms with E-state index in [9.17, 15) is 0 Å². The summed E-state index contributed by atoms with van der Waals surface area (Å²) < 4.78 is 2.14. The molecule has 2 aromatic carbocycles. The van der Waals surface area contributed by atoms with Gasteiger partial charge in [-0.3, -0.25) is 4.57 Å². The standard InChI is InChI=1S/C23H27N3S/c1-6-15-26-21(18-11-13-20(14-12-18)23(3,4)5)24-25-22(26)27-16-19-10-8-7-9-17(19)2/h6-14H,1,15-16H2,2-5H3. The average Bonchev–Trinajstić information content (AvgIpc) is 3.03. The van der Waals surface area contributed by atoms with Gasteiger partial charge in [0.15, 0.2) is 11.0 Å². The summed E-state index contributed by atoms with van der Waals surface area (Å²) in [5.74, 6) is 1.77. The number of allylic oxidation sites excluding steroid dienone is 1. The van der Waals surface area contributed by atoms with Crippen LogP contribution in [0.2, 0.25) is 0 Å². The zero-order valence-corrected chi connectivity index (χ0v) is 17.4. The van der Waals surface area contributed by atoms with Crippen LogP contribution in [0.15, 0.2) is 66.3 Å². The Labute approximate surface area is 166 Å². The van der Waals surface area contributed by atoms with Crippen molar-refractivity contribution in [2.24, 2.45) is 0 Å². The first-order chi connectivity index (χ1) is 12.9. The zero-order chi connectivity index (χ0) is 19.4. The first kappa shape index (κ1) is 19.4. The highest BCUT2D eigenvalue weighted by Crippen LogP contribution is 2.29. The summed E-state index contributed by atoms with van der Waals surface area (Å²) in [5.41, 5.74) is 5.17. The topological polar surface area (TPSA) is 30.7 Å². The monoisotopic (exact) mass is 377 g/mol. The number of rotatable bonds is 6. The van der Waals surface area contributed by atoms with Gasteiger partial charge < -0.3 is 0 Å². The van der Waals surface area contributed by atoms with Gasteiger partial charge in [-0.25, -0.2) is 0 Å². The quantitative estimate of drug-likeness (QED) is 0.388. The lowest BCUT2D eigenvalue weighted by Gasteiger charge is -2.19. The molecule has 0 aliphatic heterocycles. The van der Waals surface area contributed by atoms with Gasteiger partial charge >= 0.3 is 0 Å². The molecule has 0 saturated heterocycles. The van der Waals surface area contributed by atoms with Gasteiger partial charge in [0.1, 0.15) is 0 Å². The van der Waals surface area contributed by atoms with Crippen molar-refractivity contribution in [2.45, 2.75) is 50.6 Å². The Balaban J connectivity index is 1.87. The van der Waals surface area contributed by atoms with E-state index < -0.39 is 0 Å². The second kappa shape index (κ2) is 8.13. The molecule has 140 valence electrons. The largest absolute Gasteiger partial charge is 0.298 e. The molecule has 4 heteroatoms. The van der Waals surface area contributed by atoms with Crippen molar-refractivity contribution in [1.29, 1.82) is 0 Å². The summed E-state index contributed by atoms with van der Waals surface area (Å²) in [6.45, 7) is 13.4. The molecule has 27 heavy (non-hydrogen) atoms. The number of hydrogen-bond acceptors (Lipinski definition) is 3. The third-order valence-electron chi connectivity index (χ3n) is 4.66. The van der Waals surface area contributed by atoms with E-state index >= 15 is 0 Å². The molecule has 0 N–H and O–H groups in total. The molecule has 1 heterocycles. The van der Waals surface area contributed by atoms with Crippen LogP contribution in [0, 0.1) is 6.92 Å². The molecule has 0 radical (unpaired) electrons. The predicted octanol–water partition coefficient (Wildman–Crippen LogP) is 6.03. The summed E-state index contributed by atoms with van der Waals surface area (Å²) in [7, 11) is 0. The summed E-state index contributed by atoms with van der Waals surface area (Å²) in [6, 6.07) is 17.1. The van der Waals surface area contributed by atoms with Crippen LogP contribution < -0.4 is 0 Å². The molecule has 0 saturated carbocycles. The van der Waals surface area contributed by atoms with E-state index in [1.165, 1.54) is 16.7 Å². The van der Waals surface area contributed by atoms with Gasteiger partial charge in [0.05, 0.1) is 0 Å². The highest BCUT2D eigenvalue weighted by atomic mass is 32.2. The Morgan fingerprint density at radius 1 is 1.04 bits per heavy atom. The van der Waals surface area contributed by atoms with Crippen LogP contribution in [0.1, 0.15) is 37.5 Å². The smallest absolute Gasteiger partial charge is 0.192 e. The lowest BCUT2D eigenvalue weighted by Crippen LogP contribution is -2.10. The maximum atomic E-state index is 4.48. The molecule has 0 bridgehead atoms. The van der Waals surface area contributed by atoms with Crippen LogP contribution in [0.4, 0.5) is 0 Å². The third-order valence-corrected chi connectivity index (χ3v) is 5.67. The zero-order valence-electron chi connectivity index (χ0n) is 16.6. The first-order valence-electron chi connectivity index (χ1n) is 9.22. The van der Waals surface area contributed by atoms with Crippen molar-refractivity contribution in [1.82, 2.24) is 14.8 Å². The van der Waals surface area contributed by atoms with Crippen molar-refractivity contribution in [3.63, 3.8) is 0 Å². The molecule has 0 atom stereocenters. The highest BCUT2D eigenvalue weighted by molar-refractivity contribution is 7.98. The minimum atomic E-state index is 0.141. The van der Waals surface area contributed by atoms with E-state index in [1.807, 2.05) is 6.08 Å². The third kappa shape index (κ3) is 4.51. The van der Waals surface area contributed by atoms with E-state index in [2.05, 4.69) is 97.6 Å². The van der Waals surface area contributed by atoms with Crippen molar-refractivity contribution < 1.29 is 0 Å². The normalized spacial score (nSPS) is 11.6.